The molecular weight excluding hydrogens is 294 g/mol. The summed E-state index contributed by atoms with van der Waals surface area (Å²) in [5.74, 6) is -0.182. The monoisotopic (exact) mass is 319 g/mol. The average molecular weight is 319 g/mol. The number of morpholine rings is 1. The van der Waals surface area contributed by atoms with E-state index in [1.807, 2.05) is 6.92 Å². The van der Waals surface area contributed by atoms with Gasteiger partial charge in [0.15, 0.2) is 0 Å². The second-order valence-electron chi connectivity index (χ2n) is 5.85. The minimum atomic E-state index is -3.31. The van der Waals surface area contributed by atoms with Gasteiger partial charge in [0.2, 0.25) is 15.9 Å². The normalized spacial score (nSPS) is 26.7. The highest BCUT2D eigenvalue weighted by Crippen LogP contribution is 2.20. The summed E-state index contributed by atoms with van der Waals surface area (Å²) >= 11 is 0. The third-order valence-corrected chi connectivity index (χ3v) is 5.25. The fourth-order valence-electron chi connectivity index (χ4n) is 2.95. The maximum Gasteiger partial charge on any atom is 0.238 e. The minimum absolute atomic E-state index is 0.00221. The molecule has 2 heterocycles. The van der Waals surface area contributed by atoms with Gasteiger partial charge in [0.25, 0.3) is 0 Å². The van der Waals surface area contributed by atoms with E-state index in [0.717, 1.165) is 45.5 Å². The molecule has 122 valence electrons. The fraction of sp³-hybridized carbons (Fsp3) is 0.923. The SMILES string of the molecule is C[C@@H](CN1CCOCC1)NC(=O)[C@@H]1CCCN1S(C)(=O)=O. The number of nitrogens with zero attached hydrogens (tertiary/aromatic N) is 2. The first-order valence-electron chi connectivity index (χ1n) is 7.45. The largest absolute Gasteiger partial charge is 0.379 e. The number of sulfonamides is 1. The Kier molecular flexibility index (Phi) is 5.59. The van der Waals surface area contributed by atoms with Crippen LogP contribution < -0.4 is 5.32 Å². The number of nitrogens with one attached hydrogen (secondary N) is 1. The summed E-state index contributed by atoms with van der Waals surface area (Å²) in [6.07, 6.45) is 2.50. The van der Waals surface area contributed by atoms with Gasteiger partial charge in [-0.2, -0.15) is 4.31 Å². The van der Waals surface area contributed by atoms with Crippen LogP contribution in [0.3, 0.4) is 0 Å². The van der Waals surface area contributed by atoms with Gasteiger partial charge in [-0.05, 0) is 19.8 Å². The lowest BCUT2D eigenvalue weighted by atomic mass is 10.2. The first-order chi connectivity index (χ1) is 9.88. The molecule has 8 heteroatoms. The zero-order valence-corrected chi connectivity index (χ0v) is 13.6. The van der Waals surface area contributed by atoms with Gasteiger partial charge in [0, 0.05) is 32.2 Å². The maximum atomic E-state index is 12.3. The highest BCUT2D eigenvalue weighted by atomic mass is 32.2. The first-order valence-corrected chi connectivity index (χ1v) is 9.30. The molecule has 2 atom stereocenters. The Bertz CT molecular complexity index is 462. The molecule has 2 saturated heterocycles. The molecule has 2 rings (SSSR count). The summed E-state index contributed by atoms with van der Waals surface area (Å²) in [5.41, 5.74) is 0. The van der Waals surface area contributed by atoms with E-state index in [1.165, 1.54) is 4.31 Å². The van der Waals surface area contributed by atoms with Crippen LogP contribution in [0, 0.1) is 0 Å². The molecule has 7 nitrogen and oxygen atoms in total. The van der Waals surface area contributed by atoms with Gasteiger partial charge in [-0.25, -0.2) is 8.42 Å². The first kappa shape index (κ1) is 16.7. The maximum absolute atomic E-state index is 12.3. The molecule has 21 heavy (non-hydrogen) atoms. The molecule has 0 aliphatic carbocycles. The van der Waals surface area contributed by atoms with E-state index in [9.17, 15) is 13.2 Å². The highest BCUT2D eigenvalue weighted by Gasteiger charge is 2.36. The number of amides is 1. The second kappa shape index (κ2) is 7.04. The lowest BCUT2D eigenvalue weighted by Gasteiger charge is -2.30. The molecule has 0 aromatic rings. The summed E-state index contributed by atoms with van der Waals surface area (Å²) in [4.78, 5) is 14.5. The van der Waals surface area contributed by atoms with Crippen LogP contribution in [-0.4, -0.2) is 81.3 Å². The van der Waals surface area contributed by atoms with Crippen molar-refractivity contribution in [3.05, 3.63) is 0 Å². The molecular formula is C13H25N3O4S. The quantitative estimate of drug-likeness (QED) is 0.721. The molecule has 0 bridgehead atoms. The molecule has 1 N–H and O–H groups in total. The van der Waals surface area contributed by atoms with Gasteiger partial charge >= 0.3 is 0 Å². The van der Waals surface area contributed by atoms with Crippen LogP contribution in [0.2, 0.25) is 0 Å². The Hall–Kier alpha value is -0.700. The number of hydrogen-bond donors (Lipinski definition) is 1. The van der Waals surface area contributed by atoms with Crippen LogP contribution in [0.5, 0.6) is 0 Å². The average Bonchev–Trinajstić information content (AvgIpc) is 2.88. The highest BCUT2D eigenvalue weighted by molar-refractivity contribution is 7.88. The van der Waals surface area contributed by atoms with Crippen molar-refractivity contribution in [2.24, 2.45) is 0 Å². The number of carbonyl (C=O) groups is 1. The Morgan fingerprint density at radius 3 is 2.62 bits per heavy atom. The van der Waals surface area contributed by atoms with Crippen molar-refractivity contribution in [2.45, 2.75) is 31.8 Å². The summed E-state index contributed by atoms with van der Waals surface area (Å²) in [6.45, 7) is 6.36. The fourth-order valence-corrected chi connectivity index (χ4v) is 4.08. The van der Waals surface area contributed by atoms with Crippen LogP contribution in [0.15, 0.2) is 0 Å². The van der Waals surface area contributed by atoms with E-state index in [-0.39, 0.29) is 11.9 Å². The van der Waals surface area contributed by atoms with Crippen molar-refractivity contribution in [3.8, 4) is 0 Å². The smallest absolute Gasteiger partial charge is 0.238 e. The molecule has 2 fully saturated rings. The van der Waals surface area contributed by atoms with Crippen LogP contribution in [0.4, 0.5) is 0 Å². The summed E-state index contributed by atoms with van der Waals surface area (Å²) in [7, 11) is -3.31. The number of rotatable bonds is 5. The van der Waals surface area contributed by atoms with E-state index in [4.69, 9.17) is 4.74 Å². The standard InChI is InChI=1S/C13H25N3O4S/c1-11(10-15-6-8-20-9-7-15)14-13(17)12-4-3-5-16(12)21(2,18)19/h11-12H,3-10H2,1-2H3,(H,14,17)/t11-,12-/m0/s1. The Morgan fingerprint density at radius 2 is 2.00 bits per heavy atom. The van der Waals surface area contributed by atoms with Gasteiger partial charge < -0.3 is 10.1 Å². The number of ether oxygens (including phenoxy) is 1. The van der Waals surface area contributed by atoms with Crippen molar-refractivity contribution in [2.75, 3.05) is 45.6 Å². The lowest BCUT2D eigenvalue weighted by Crippen LogP contribution is -2.51. The van der Waals surface area contributed by atoms with Crippen LogP contribution in [0.25, 0.3) is 0 Å². The van der Waals surface area contributed by atoms with E-state index < -0.39 is 16.1 Å². The molecule has 2 aliphatic rings. The molecule has 0 radical (unpaired) electrons. The lowest BCUT2D eigenvalue weighted by molar-refractivity contribution is -0.125. The Balaban J connectivity index is 1.85. The van der Waals surface area contributed by atoms with E-state index in [2.05, 4.69) is 10.2 Å². The van der Waals surface area contributed by atoms with Crippen LogP contribution >= 0.6 is 0 Å². The minimum Gasteiger partial charge on any atom is -0.379 e. The van der Waals surface area contributed by atoms with Crippen molar-refractivity contribution in [1.29, 1.82) is 0 Å². The molecule has 1 amide bonds. The van der Waals surface area contributed by atoms with Gasteiger partial charge in [-0.15, -0.1) is 0 Å². The summed E-state index contributed by atoms with van der Waals surface area (Å²) in [6, 6.07) is -0.551. The van der Waals surface area contributed by atoms with E-state index in [1.54, 1.807) is 0 Å². The molecule has 0 aromatic carbocycles. The Morgan fingerprint density at radius 1 is 1.33 bits per heavy atom. The third-order valence-electron chi connectivity index (χ3n) is 3.96. The van der Waals surface area contributed by atoms with Crippen molar-refractivity contribution >= 4 is 15.9 Å². The predicted octanol–water partition coefficient (Wildman–Crippen LogP) is -0.753. The van der Waals surface area contributed by atoms with Crippen molar-refractivity contribution in [3.63, 3.8) is 0 Å². The Labute approximate surface area is 126 Å². The van der Waals surface area contributed by atoms with Gasteiger partial charge in [-0.1, -0.05) is 0 Å². The summed E-state index contributed by atoms with van der Waals surface area (Å²) < 4.78 is 30.0. The number of carbonyl (C=O) groups excluding carboxylic acids is 1. The topological polar surface area (TPSA) is 79.0 Å². The van der Waals surface area contributed by atoms with Gasteiger partial charge in [-0.3, -0.25) is 9.69 Å². The molecule has 0 unspecified atom stereocenters. The van der Waals surface area contributed by atoms with Gasteiger partial charge in [0.05, 0.1) is 19.5 Å². The van der Waals surface area contributed by atoms with Crippen molar-refractivity contribution in [1.82, 2.24) is 14.5 Å². The van der Waals surface area contributed by atoms with Crippen molar-refractivity contribution < 1.29 is 17.9 Å². The molecule has 0 spiro atoms. The number of hydrogen-bond acceptors (Lipinski definition) is 5. The molecule has 0 aromatic heterocycles. The zero-order valence-electron chi connectivity index (χ0n) is 12.7. The third kappa shape index (κ3) is 4.64. The van der Waals surface area contributed by atoms with E-state index >= 15 is 0 Å². The molecule has 2 aliphatic heterocycles. The molecule has 0 saturated carbocycles. The summed E-state index contributed by atoms with van der Waals surface area (Å²) in [5, 5.41) is 2.94. The second-order valence-corrected chi connectivity index (χ2v) is 7.79. The predicted molar refractivity (Wildman–Crippen MR) is 79.4 cm³/mol. The zero-order chi connectivity index (χ0) is 15.5. The van der Waals surface area contributed by atoms with Crippen LogP contribution in [0.1, 0.15) is 19.8 Å². The van der Waals surface area contributed by atoms with Gasteiger partial charge in [0.1, 0.15) is 6.04 Å². The van der Waals surface area contributed by atoms with Crippen LogP contribution in [-0.2, 0) is 19.6 Å². The van der Waals surface area contributed by atoms with E-state index in [0.29, 0.717) is 13.0 Å².